The van der Waals surface area contributed by atoms with Gasteiger partial charge in [0.25, 0.3) is 0 Å². The summed E-state index contributed by atoms with van der Waals surface area (Å²) in [5, 5.41) is 0. The minimum atomic E-state index is -0.706. The number of carbonyl (C=O) groups excluding carboxylic acids is 1. The van der Waals surface area contributed by atoms with Crippen molar-refractivity contribution in [1.29, 1.82) is 0 Å². The SMILES string of the molecule is COCc1ccc(C(=O)C2(C)CCCO2)o1. The van der Waals surface area contributed by atoms with E-state index in [1.807, 2.05) is 6.92 Å². The molecule has 0 N–H and O–H groups in total. The highest BCUT2D eigenvalue weighted by Crippen LogP contribution is 2.29. The number of ether oxygens (including phenoxy) is 2. The van der Waals surface area contributed by atoms with Crippen molar-refractivity contribution in [3.63, 3.8) is 0 Å². The Hall–Kier alpha value is -1.13. The lowest BCUT2D eigenvalue weighted by molar-refractivity contribution is 0.0187. The van der Waals surface area contributed by atoms with Gasteiger partial charge in [0.15, 0.2) is 5.76 Å². The Labute approximate surface area is 94.5 Å². The molecule has 0 aromatic carbocycles. The maximum absolute atomic E-state index is 12.1. The van der Waals surface area contributed by atoms with Crippen LogP contribution in [0.3, 0.4) is 0 Å². The van der Waals surface area contributed by atoms with Crippen molar-refractivity contribution in [2.24, 2.45) is 0 Å². The van der Waals surface area contributed by atoms with Gasteiger partial charge in [-0.3, -0.25) is 4.79 Å². The standard InChI is InChI=1S/C12H16O4/c1-12(6-3-7-15-12)11(13)10-5-4-9(16-10)8-14-2/h4-5H,3,6-8H2,1-2H3. The van der Waals surface area contributed by atoms with E-state index < -0.39 is 5.60 Å². The fourth-order valence-electron chi connectivity index (χ4n) is 1.94. The summed E-state index contributed by atoms with van der Waals surface area (Å²) in [5.74, 6) is 0.941. The van der Waals surface area contributed by atoms with Gasteiger partial charge in [-0.2, -0.15) is 0 Å². The molecule has 1 fully saturated rings. The third-order valence-corrected chi connectivity index (χ3v) is 2.87. The predicted octanol–water partition coefficient (Wildman–Crippen LogP) is 2.18. The first kappa shape index (κ1) is 11.4. The average molecular weight is 224 g/mol. The molecule has 88 valence electrons. The van der Waals surface area contributed by atoms with Gasteiger partial charge in [0.1, 0.15) is 18.0 Å². The van der Waals surface area contributed by atoms with E-state index in [4.69, 9.17) is 13.9 Å². The Kier molecular flexibility index (Phi) is 3.12. The second-order valence-corrected chi connectivity index (χ2v) is 4.21. The topological polar surface area (TPSA) is 48.7 Å². The van der Waals surface area contributed by atoms with Crippen molar-refractivity contribution in [2.75, 3.05) is 13.7 Å². The molecule has 0 amide bonds. The summed E-state index contributed by atoms with van der Waals surface area (Å²) in [4.78, 5) is 12.1. The zero-order valence-corrected chi connectivity index (χ0v) is 9.62. The summed E-state index contributed by atoms with van der Waals surface area (Å²) in [6, 6.07) is 3.44. The van der Waals surface area contributed by atoms with Crippen molar-refractivity contribution in [3.8, 4) is 0 Å². The summed E-state index contributed by atoms with van der Waals surface area (Å²) < 4.78 is 15.8. The number of carbonyl (C=O) groups is 1. The maximum Gasteiger partial charge on any atom is 0.229 e. The van der Waals surface area contributed by atoms with E-state index in [-0.39, 0.29) is 5.78 Å². The summed E-state index contributed by atoms with van der Waals surface area (Å²) in [7, 11) is 1.59. The number of ketones is 1. The van der Waals surface area contributed by atoms with Crippen LogP contribution in [0.4, 0.5) is 0 Å². The first-order chi connectivity index (χ1) is 7.65. The second-order valence-electron chi connectivity index (χ2n) is 4.21. The van der Waals surface area contributed by atoms with Crippen molar-refractivity contribution >= 4 is 5.78 Å². The Bertz CT molecular complexity index is 374. The molecule has 4 nitrogen and oxygen atoms in total. The Morgan fingerprint density at radius 1 is 1.56 bits per heavy atom. The Morgan fingerprint density at radius 3 is 3.00 bits per heavy atom. The second kappa shape index (κ2) is 4.39. The van der Waals surface area contributed by atoms with Crippen LogP contribution >= 0.6 is 0 Å². The first-order valence-corrected chi connectivity index (χ1v) is 5.42. The molecule has 16 heavy (non-hydrogen) atoms. The van der Waals surface area contributed by atoms with E-state index >= 15 is 0 Å². The van der Waals surface area contributed by atoms with Crippen molar-refractivity contribution < 1.29 is 18.7 Å². The highest BCUT2D eigenvalue weighted by Gasteiger charge is 2.39. The third-order valence-electron chi connectivity index (χ3n) is 2.87. The van der Waals surface area contributed by atoms with E-state index in [1.165, 1.54) is 0 Å². The van der Waals surface area contributed by atoms with Gasteiger partial charge >= 0.3 is 0 Å². The van der Waals surface area contributed by atoms with E-state index in [1.54, 1.807) is 19.2 Å². The summed E-state index contributed by atoms with van der Waals surface area (Å²) in [5.41, 5.74) is -0.706. The smallest absolute Gasteiger partial charge is 0.229 e. The molecule has 0 spiro atoms. The average Bonchev–Trinajstić information content (AvgIpc) is 2.88. The zero-order valence-electron chi connectivity index (χ0n) is 9.62. The van der Waals surface area contributed by atoms with Crippen LogP contribution in [0.25, 0.3) is 0 Å². The lowest BCUT2D eigenvalue weighted by Crippen LogP contribution is -2.34. The van der Waals surface area contributed by atoms with Crippen LogP contribution in [-0.2, 0) is 16.1 Å². The lowest BCUT2D eigenvalue weighted by Gasteiger charge is -2.19. The van der Waals surface area contributed by atoms with Gasteiger partial charge in [-0.1, -0.05) is 0 Å². The van der Waals surface area contributed by atoms with E-state index in [9.17, 15) is 4.79 Å². The van der Waals surface area contributed by atoms with Crippen LogP contribution in [-0.4, -0.2) is 25.1 Å². The lowest BCUT2D eigenvalue weighted by atomic mass is 9.96. The van der Waals surface area contributed by atoms with E-state index in [2.05, 4.69) is 0 Å². The van der Waals surface area contributed by atoms with Gasteiger partial charge in [0, 0.05) is 13.7 Å². The molecular formula is C12H16O4. The van der Waals surface area contributed by atoms with E-state index in [0.29, 0.717) is 24.7 Å². The molecule has 2 heterocycles. The number of rotatable bonds is 4. The quantitative estimate of drug-likeness (QED) is 0.735. The molecule has 4 heteroatoms. The molecule has 0 radical (unpaired) electrons. The molecule has 1 aromatic heterocycles. The van der Waals surface area contributed by atoms with E-state index in [0.717, 1.165) is 12.8 Å². The summed E-state index contributed by atoms with van der Waals surface area (Å²) >= 11 is 0. The molecule has 1 unspecified atom stereocenters. The van der Waals surface area contributed by atoms with Crippen LogP contribution in [0.1, 0.15) is 36.1 Å². The normalized spacial score (nSPS) is 24.9. The molecule has 1 aliphatic heterocycles. The molecule has 0 saturated carbocycles. The highest BCUT2D eigenvalue weighted by molar-refractivity contribution is 6.00. The molecule has 0 aliphatic carbocycles. The van der Waals surface area contributed by atoms with Gasteiger partial charge in [0.2, 0.25) is 5.78 Å². The molecule has 1 saturated heterocycles. The third kappa shape index (κ3) is 2.03. The minimum absolute atomic E-state index is 0.0765. The highest BCUT2D eigenvalue weighted by atomic mass is 16.5. The Morgan fingerprint density at radius 2 is 2.38 bits per heavy atom. The fourth-order valence-corrected chi connectivity index (χ4v) is 1.94. The van der Waals surface area contributed by atoms with Crippen molar-refractivity contribution in [1.82, 2.24) is 0 Å². The first-order valence-electron chi connectivity index (χ1n) is 5.42. The molecule has 1 atom stereocenters. The van der Waals surface area contributed by atoms with Gasteiger partial charge in [-0.25, -0.2) is 0 Å². The number of hydrogen-bond acceptors (Lipinski definition) is 4. The number of Topliss-reactive ketones (excluding diaryl/α,β-unsaturated/α-hetero) is 1. The molecule has 0 bridgehead atoms. The fraction of sp³-hybridized carbons (Fsp3) is 0.583. The monoisotopic (exact) mass is 224 g/mol. The largest absolute Gasteiger partial charge is 0.455 e. The molecule has 1 aromatic rings. The van der Waals surface area contributed by atoms with Crippen molar-refractivity contribution in [2.45, 2.75) is 32.0 Å². The Balaban J connectivity index is 2.13. The van der Waals surface area contributed by atoms with Crippen LogP contribution < -0.4 is 0 Å². The van der Waals surface area contributed by atoms with Crippen LogP contribution in [0.2, 0.25) is 0 Å². The van der Waals surface area contributed by atoms with Gasteiger partial charge < -0.3 is 13.9 Å². The van der Waals surface area contributed by atoms with Gasteiger partial charge in [-0.05, 0) is 31.9 Å². The van der Waals surface area contributed by atoms with Crippen LogP contribution in [0.5, 0.6) is 0 Å². The van der Waals surface area contributed by atoms with Crippen LogP contribution in [0.15, 0.2) is 16.5 Å². The predicted molar refractivity (Wildman–Crippen MR) is 57.3 cm³/mol. The van der Waals surface area contributed by atoms with Crippen LogP contribution in [0, 0.1) is 0 Å². The zero-order chi connectivity index (χ0) is 11.6. The summed E-state index contributed by atoms with van der Waals surface area (Å²) in [6.07, 6.45) is 1.68. The molecule has 1 aliphatic rings. The molecular weight excluding hydrogens is 208 g/mol. The number of furan rings is 1. The number of hydrogen-bond donors (Lipinski definition) is 0. The van der Waals surface area contributed by atoms with Gasteiger partial charge in [-0.15, -0.1) is 0 Å². The maximum atomic E-state index is 12.1. The minimum Gasteiger partial charge on any atom is -0.455 e. The number of methoxy groups -OCH3 is 1. The summed E-state index contributed by atoms with van der Waals surface area (Å²) in [6.45, 7) is 2.85. The van der Waals surface area contributed by atoms with Gasteiger partial charge in [0.05, 0.1) is 0 Å². The van der Waals surface area contributed by atoms with Crippen molar-refractivity contribution in [3.05, 3.63) is 23.7 Å². The molecule has 2 rings (SSSR count).